The maximum atomic E-state index is 10.7. The van der Waals surface area contributed by atoms with Crippen LogP contribution >= 0.6 is 0 Å². The zero-order chi connectivity index (χ0) is 10.8. The molecule has 3 nitrogen and oxygen atoms in total. The van der Waals surface area contributed by atoms with E-state index in [4.69, 9.17) is 9.47 Å². The number of hydrogen-bond donors (Lipinski definition) is 0. The summed E-state index contributed by atoms with van der Waals surface area (Å²) in [6.45, 7) is 3.50. The Morgan fingerprint density at radius 1 is 1.40 bits per heavy atom. The smallest absolute Gasteiger partial charge is 0.308 e. The lowest BCUT2D eigenvalue weighted by Gasteiger charge is -2.01. The van der Waals surface area contributed by atoms with Gasteiger partial charge in [0.05, 0.1) is 6.10 Å². The Morgan fingerprint density at radius 3 is 2.53 bits per heavy atom. The molecule has 15 heavy (non-hydrogen) atoms. The zero-order valence-electron chi connectivity index (χ0n) is 8.90. The van der Waals surface area contributed by atoms with E-state index in [-0.39, 0.29) is 12.1 Å². The Balaban J connectivity index is 2.02. The molecule has 0 aromatic heterocycles. The van der Waals surface area contributed by atoms with Crippen LogP contribution in [0.2, 0.25) is 0 Å². The Labute approximate surface area is 89.0 Å². The Morgan fingerprint density at radius 2 is 2.07 bits per heavy atom. The van der Waals surface area contributed by atoms with Crippen molar-refractivity contribution in [2.45, 2.75) is 32.5 Å². The molecule has 1 fully saturated rings. The number of esters is 1. The summed E-state index contributed by atoms with van der Waals surface area (Å²) < 4.78 is 10.4. The minimum Gasteiger partial charge on any atom is -0.427 e. The molecule has 2 unspecified atom stereocenters. The number of epoxide rings is 1. The lowest BCUT2D eigenvalue weighted by atomic mass is 10.1. The summed E-state index contributed by atoms with van der Waals surface area (Å²) in [5.74, 6) is 0.289. The van der Waals surface area contributed by atoms with E-state index in [1.54, 1.807) is 12.1 Å². The summed E-state index contributed by atoms with van der Waals surface area (Å²) in [6.07, 6.45) is 1.64. The molecule has 1 heterocycles. The van der Waals surface area contributed by atoms with Crippen molar-refractivity contribution in [1.29, 1.82) is 0 Å². The van der Waals surface area contributed by atoms with Crippen LogP contribution < -0.4 is 4.74 Å². The summed E-state index contributed by atoms with van der Waals surface area (Å²) >= 11 is 0. The van der Waals surface area contributed by atoms with Crippen LogP contribution in [0.4, 0.5) is 0 Å². The van der Waals surface area contributed by atoms with Gasteiger partial charge in [-0.25, -0.2) is 0 Å². The molecule has 80 valence electrons. The predicted molar refractivity (Wildman–Crippen MR) is 55.7 cm³/mol. The molecule has 0 radical (unpaired) electrons. The van der Waals surface area contributed by atoms with E-state index in [0.717, 1.165) is 12.0 Å². The average Bonchev–Trinajstić information content (AvgIpc) is 2.97. The summed E-state index contributed by atoms with van der Waals surface area (Å²) in [7, 11) is 0. The first kappa shape index (κ1) is 10.2. The molecular formula is C12H14O3. The third kappa shape index (κ3) is 2.36. The molecule has 2 atom stereocenters. The van der Waals surface area contributed by atoms with E-state index < -0.39 is 0 Å². The molecule has 1 aliphatic rings. The van der Waals surface area contributed by atoms with Crippen molar-refractivity contribution in [1.82, 2.24) is 0 Å². The van der Waals surface area contributed by atoms with Gasteiger partial charge >= 0.3 is 5.97 Å². The van der Waals surface area contributed by atoms with Crippen LogP contribution in [0.5, 0.6) is 5.75 Å². The van der Waals surface area contributed by atoms with Gasteiger partial charge in [0.15, 0.2) is 0 Å². The number of benzene rings is 1. The summed E-state index contributed by atoms with van der Waals surface area (Å²) in [6, 6.07) is 7.48. The topological polar surface area (TPSA) is 38.8 Å². The molecule has 0 spiro atoms. The van der Waals surface area contributed by atoms with E-state index in [1.807, 2.05) is 12.1 Å². The van der Waals surface area contributed by atoms with Crippen molar-refractivity contribution in [2.24, 2.45) is 0 Å². The molecule has 1 saturated heterocycles. The second-order valence-corrected chi connectivity index (χ2v) is 3.67. The standard InChI is InChI=1S/C12H14O3/c1-3-11-12(15-11)9-4-6-10(7-5-9)14-8(2)13/h4-7,11-12H,3H2,1-2H3. The number of ether oxygens (including phenoxy) is 2. The van der Waals surface area contributed by atoms with Crippen LogP contribution in [0.25, 0.3) is 0 Å². The molecule has 0 N–H and O–H groups in total. The van der Waals surface area contributed by atoms with Crippen LogP contribution in [0, 0.1) is 0 Å². The van der Waals surface area contributed by atoms with Gasteiger partial charge in [0.2, 0.25) is 0 Å². The van der Waals surface area contributed by atoms with Gasteiger partial charge in [-0.05, 0) is 24.1 Å². The molecule has 0 amide bonds. The SMILES string of the molecule is CCC1OC1c1ccc(OC(C)=O)cc1. The Kier molecular flexibility index (Phi) is 2.73. The molecule has 3 heteroatoms. The normalized spacial score (nSPS) is 23.6. The van der Waals surface area contributed by atoms with Gasteiger partial charge in [0.1, 0.15) is 11.9 Å². The molecule has 1 aromatic carbocycles. The van der Waals surface area contributed by atoms with E-state index in [2.05, 4.69) is 6.92 Å². The fourth-order valence-electron chi connectivity index (χ4n) is 1.64. The number of rotatable bonds is 3. The summed E-state index contributed by atoms with van der Waals surface area (Å²) in [4.78, 5) is 10.7. The number of carbonyl (C=O) groups excluding carboxylic acids is 1. The monoisotopic (exact) mass is 206 g/mol. The maximum Gasteiger partial charge on any atom is 0.308 e. The van der Waals surface area contributed by atoms with Crippen molar-refractivity contribution in [3.63, 3.8) is 0 Å². The third-order valence-corrected chi connectivity index (χ3v) is 2.46. The van der Waals surface area contributed by atoms with Gasteiger partial charge in [-0.1, -0.05) is 19.1 Å². The first-order valence-electron chi connectivity index (χ1n) is 5.14. The van der Waals surface area contributed by atoms with E-state index in [1.165, 1.54) is 6.92 Å². The minimum atomic E-state index is -0.295. The summed E-state index contributed by atoms with van der Waals surface area (Å²) in [5.41, 5.74) is 1.15. The fourth-order valence-corrected chi connectivity index (χ4v) is 1.64. The third-order valence-electron chi connectivity index (χ3n) is 2.46. The molecule has 0 saturated carbocycles. The molecule has 1 aromatic rings. The van der Waals surface area contributed by atoms with Crippen LogP contribution in [0.3, 0.4) is 0 Å². The van der Waals surface area contributed by atoms with Gasteiger partial charge in [0.25, 0.3) is 0 Å². The largest absolute Gasteiger partial charge is 0.427 e. The highest BCUT2D eigenvalue weighted by Gasteiger charge is 2.38. The highest BCUT2D eigenvalue weighted by Crippen LogP contribution is 2.40. The first-order valence-corrected chi connectivity index (χ1v) is 5.14. The van der Waals surface area contributed by atoms with E-state index >= 15 is 0 Å². The first-order chi connectivity index (χ1) is 7.20. The van der Waals surface area contributed by atoms with E-state index in [0.29, 0.717) is 11.9 Å². The van der Waals surface area contributed by atoms with Gasteiger partial charge < -0.3 is 9.47 Å². The quantitative estimate of drug-likeness (QED) is 0.433. The highest BCUT2D eigenvalue weighted by molar-refractivity contribution is 5.69. The molecule has 1 aliphatic heterocycles. The lowest BCUT2D eigenvalue weighted by Crippen LogP contribution is -2.01. The van der Waals surface area contributed by atoms with E-state index in [9.17, 15) is 4.79 Å². The minimum absolute atomic E-state index is 0.237. The number of carbonyl (C=O) groups is 1. The van der Waals surface area contributed by atoms with Gasteiger partial charge in [-0.15, -0.1) is 0 Å². The van der Waals surface area contributed by atoms with Crippen LogP contribution in [-0.4, -0.2) is 12.1 Å². The molecule has 2 rings (SSSR count). The van der Waals surface area contributed by atoms with Crippen molar-refractivity contribution in [3.05, 3.63) is 29.8 Å². The van der Waals surface area contributed by atoms with Gasteiger partial charge in [0, 0.05) is 6.92 Å². The highest BCUT2D eigenvalue weighted by atomic mass is 16.6. The van der Waals surface area contributed by atoms with Gasteiger partial charge in [-0.2, -0.15) is 0 Å². The van der Waals surface area contributed by atoms with Crippen molar-refractivity contribution in [3.8, 4) is 5.75 Å². The zero-order valence-corrected chi connectivity index (χ0v) is 8.90. The molecule has 0 bridgehead atoms. The average molecular weight is 206 g/mol. The van der Waals surface area contributed by atoms with Crippen molar-refractivity contribution >= 4 is 5.97 Å². The fraction of sp³-hybridized carbons (Fsp3) is 0.417. The number of hydrogen-bond acceptors (Lipinski definition) is 3. The lowest BCUT2D eigenvalue weighted by molar-refractivity contribution is -0.131. The molecular weight excluding hydrogens is 192 g/mol. The van der Waals surface area contributed by atoms with Crippen LogP contribution in [0.1, 0.15) is 31.9 Å². The molecule has 0 aliphatic carbocycles. The second-order valence-electron chi connectivity index (χ2n) is 3.67. The summed E-state index contributed by atoms with van der Waals surface area (Å²) in [5, 5.41) is 0. The Hall–Kier alpha value is -1.35. The van der Waals surface area contributed by atoms with Gasteiger partial charge in [-0.3, -0.25) is 4.79 Å². The van der Waals surface area contributed by atoms with Crippen molar-refractivity contribution < 1.29 is 14.3 Å². The van der Waals surface area contributed by atoms with Crippen molar-refractivity contribution in [2.75, 3.05) is 0 Å². The van der Waals surface area contributed by atoms with Crippen LogP contribution in [0.15, 0.2) is 24.3 Å². The predicted octanol–water partition coefficient (Wildman–Crippen LogP) is 2.46. The second kappa shape index (κ2) is 4.03. The Bertz CT molecular complexity index is 356. The maximum absolute atomic E-state index is 10.7. The van der Waals surface area contributed by atoms with Crippen LogP contribution in [-0.2, 0) is 9.53 Å².